The monoisotopic (exact) mass is 270 g/mol. The zero-order valence-corrected chi connectivity index (χ0v) is 12.8. The van der Waals surface area contributed by atoms with Crippen molar-refractivity contribution in [1.82, 2.24) is 9.97 Å². The molecule has 0 aliphatic carbocycles. The van der Waals surface area contributed by atoms with Crippen molar-refractivity contribution >= 4 is 5.82 Å². The van der Waals surface area contributed by atoms with Gasteiger partial charge in [0.05, 0.1) is 0 Å². The van der Waals surface area contributed by atoms with Crippen molar-refractivity contribution in [2.75, 3.05) is 5.43 Å². The van der Waals surface area contributed by atoms with Crippen LogP contribution >= 0.6 is 0 Å². The summed E-state index contributed by atoms with van der Waals surface area (Å²) in [6.07, 6.45) is 0. The zero-order chi connectivity index (χ0) is 14.9. The number of hydrogen-bond acceptors (Lipinski definition) is 4. The minimum Gasteiger partial charge on any atom is -0.308 e. The summed E-state index contributed by atoms with van der Waals surface area (Å²) < 4.78 is 0. The summed E-state index contributed by atoms with van der Waals surface area (Å²) in [5.74, 6) is 7.38. The molecule has 0 aliphatic rings. The molecule has 0 unspecified atom stereocenters. The number of aryl methyl sites for hydroxylation is 3. The van der Waals surface area contributed by atoms with E-state index < -0.39 is 0 Å². The molecular weight excluding hydrogens is 248 g/mol. The molecule has 2 aromatic rings. The van der Waals surface area contributed by atoms with Gasteiger partial charge >= 0.3 is 0 Å². The first kappa shape index (κ1) is 14.5. The number of nitrogens with zero attached hydrogens (tertiary/aromatic N) is 2. The topological polar surface area (TPSA) is 63.8 Å². The predicted octanol–water partition coefficient (Wildman–Crippen LogP) is 3.48. The summed E-state index contributed by atoms with van der Waals surface area (Å²) in [6, 6.07) is 6.28. The van der Waals surface area contributed by atoms with E-state index in [2.05, 4.69) is 61.3 Å². The van der Waals surface area contributed by atoms with E-state index in [0.717, 1.165) is 22.6 Å². The summed E-state index contributed by atoms with van der Waals surface area (Å²) in [6.45, 7) is 10.4. The smallest absolute Gasteiger partial charge is 0.162 e. The second kappa shape index (κ2) is 5.59. The Labute approximate surface area is 120 Å². The molecule has 0 fully saturated rings. The molecule has 0 spiro atoms. The lowest BCUT2D eigenvalue weighted by Crippen LogP contribution is -2.14. The maximum absolute atomic E-state index is 5.63. The Hall–Kier alpha value is -1.94. The van der Waals surface area contributed by atoms with Gasteiger partial charge in [0.15, 0.2) is 5.82 Å². The van der Waals surface area contributed by atoms with Crippen LogP contribution in [-0.4, -0.2) is 9.97 Å². The SMILES string of the molecule is Cc1ccc(-c2nc(C)c(C(C)C)c(NN)n2)c(C)c1. The highest BCUT2D eigenvalue weighted by molar-refractivity contribution is 5.64. The van der Waals surface area contributed by atoms with E-state index in [9.17, 15) is 0 Å². The van der Waals surface area contributed by atoms with Gasteiger partial charge in [-0.1, -0.05) is 37.6 Å². The van der Waals surface area contributed by atoms with E-state index >= 15 is 0 Å². The van der Waals surface area contributed by atoms with Crippen molar-refractivity contribution in [2.45, 2.75) is 40.5 Å². The molecule has 0 saturated carbocycles. The molecular formula is C16H22N4. The third-order valence-corrected chi connectivity index (χ3v) is 3.47. The molecule has 0 aliphatic heterocycles. The lowest BCUT2D eigenvalue weighted by atomic mass is 10.0. The largest absolute Gasteiger partial charge is 0.308 e. The number of hydrogen-bond donors (Lipinski definition) is 2. The fourth-order valence-corrected chi connectivity index (χ4v) is 2.57. The van der Waals surface area contributed by atoms with Crippen LogP contribution in [0.4, 0.5) is 5.82 Å². The Morgan fingerprint density at radius 3 is 2.35 bits per heavy atom. The van der Waals surface area contributed by atoms with E-state index in [1.807, 2.05) is 6.92 Å². The number of benzene rings is 1. The van der Waals surface area contributed by atoms with Gasteiger partial charge in [-0.15, -0.1) is 0 Å². The molecule has 0 amide bonds. The summed E-state index contributed by atoms with van der Waals surface area (Å²) in [7, 11) is 0. The molecule has 1 aromatic heterocycles. The van der Waals surface area contributed by atoms with Gasteiger partial charge < -0.3 is 5.43 Å². The molecule has 0 bridgehead atoms. The first-order valence-electron chi connectivity index (χ1n) is 6.86. The number of nitrogens with two attached hydrogens (primary N) is 1. The van der Waals surface area contributed by atoms with E-state index in [1.165, 1.54) is 11.1 Å². The van der Waals surface area contributed by atoms with Gasteiger partial charge in [-0.3, -0.25) is 0 Å². The molecule has 0 radical (unpaired) electrons. The van der Waals surface area contributed by atoms with E-state index in [-0.39, 0.29) is 0 Å². The van der Waals surface area contributed by atoms with Crippen LogP contribution in [0.1, 0.15) is 42.1 Å². The van der Waals surface area contributed by atoms with Crippen molar-refractivity contribution in [3.63, 3.8) is 0 Å². The number of anilines is 1. The molecule has 4 nitrogen and oxygen atoms in total. The van der Waals surface area contributed by atoms with Crippen molar-refractivity contribution in [3.8, 4) is 11.4 Å². The standard InChI is InChI=1S/C16H22N4/c1-9(2)14-12(5)18-15(19-16(14)20-17)13-7-6-10(3)8-11(13)4/h6-9H,17H2,1-5H3,(H,18,19,20). The normalized spacial score (nSPS) is 10.9. The fraction of sp³-hybridized carbons (Fsp3) is 0.375. The average molecular weight is 270 g/mol. The molecule has 106 valence electrons. The Morgan fingerprint density at radius 1 is 1.10 bits per heavy atom. The van der Waals surface area contributed by atoms with E-state index in [0.29, 0.717) is 11.7 Å². The minimum atomic E-state index is 0.328. The number of nitrogens with one attached hydrogen (secondary N) is 1. The lowest BCUT2D eigenvalue weighted by molar-refractivity contribution is 0.831. The van der Waals surface area contributed by atoms with Crippen LogP contribution in [0.2, 0.25) is 0 Å². The highest BCUT2D eigenvalue weighted by atomic mass is 15.3. The Morgan fingerprint density at radius 2 is 1.80 bits per heavy atom. The fourth-order valence-electron chi connectivity index (χ4n) is 2.57. The highest BCUT2D eigenvalue weighted by Crippen LogP contribution is 2.29. The summed E-state index contributed by atoms with van der Waals surface area (Å²) in [4.78, 5) is 9.24. The molecule has 1 aromatic carbocycles. The summed E-state index contributed by atoms with van der Waals surface area (Å²) in [5.41, 5.74) is 8.20. The van der Waals surface area contributed by atoms with Gasteiger partial charge in [-0.2, -0.15) is 0 Å². The van der Waals surface area contributed by atoms with Crippen LogP contribution in [0.15, 0.2) is 18.2 Å². The van der Waals surface area contributed by atoms with Crippen molar-refractivity contribution < 1.29 is 0 Å². The third kappa shape index (κ3) is 2.65. The maximum Gasteiger partial charge on any atom is 0.162 e. The Balaban J connectivity index is 2.61. The van der Waals surface area contributed by atoms with Crippen LogP contribution < -0.4 is 11.3 Å². The zero-order valence-electron chi connectivity index (χ0n) is 12.8. The van der Waals surface area contributed by atoms with Crippen LogP contribution in [0.3, 0.4) is 0 Å². The van der Waals surface area contributed by atoms with Gasteiger partial charge in [-0.25, -0.2) is 15.8 Å². The number of nitrogen functional groups attached to an aromatic ring is 1. The first-order valence-corrected chi connectivity index (χ1v) is 6.86. The maximum atomic E-state index is 5.63. The van der Waals surface area contributed by atoms with Crippen molar-refractivity contribution in [2.24, 2.45) is 5.84 Å². The van der Waals surface area contributed by atoms with Crippen LogP contribution in [0.25, 0.3) is 11.4 Å². The molecule has 20 heavy (non-hydrogen) atoms. The van der Waals surface area contributed by atoms with Gasteiger partial charge in [0.25, 0.3) is 0 Å². The number of rotatable bonds is 3. The van der Waals surface area contributed by atoms with Gasteiger partial charge in [0.2, 0.25) is 0 Å². The number of aromatic nitrogens is 2. The third-order valence-electron chi connectivity index (χ3n) is 3.47. The van der Waals surface area contributed by atoms with Crippen LogP contribution in [0, 0.1) is 20.8 Å². The second-order valence-corrected chi connectivity index (χ2v) is 5.51. The molecule has 0 saturated heterocycles. The molecule has 3 N–H and O–H groups in total. The average Bonchev–Trinajstić information content (AvgIpc) is 2.37. The molecule has 4 heteroatoms. The van der Waals surface area contributed by atoms with Crippen molar-refractivity contribution in [3.05, 3.63) is 40.6 Å². The Bertz CT molecular complexity index is 633. The summed E-state index contributed by atoms with van der Waals surface area (Å²) in [5, 5.41) is 0. The van der Waals surface area contributed by atoms with E-state index in [4.69, 9.17) is 5.84 Å². The van der Waals surface area contributed by atoms with Gasteiger partial charge in [0.1, 0.15) is 5.82 Å². The quantitative estimate of drug-likeness (QED) is 0.662. The van der Waals surface area contributed by atoms with Crippen LogP contribution in [0.5, 0.6) is 0 Å². The molecule has 0 atom stereocenters. The van der Waals surface area contributed by atoms with Gasteiger partial charge in [-0.05, 0) is 32.3 Å². The van der Waals surface area contributed by atoms with Crippen LogP contribution in [-0.2, 0) is 0 Å². The molecule has 1 heterocycles. The summed E-state index contributed by atoms with van der Waals surface area (Å²) >= 11 is 0. The minimum absolute atomic E-state index is 0.328. The molecule has 2 rings (SSSR count). The van der Waals surface area contributed by atoms with Gasteiger partial charge in [0, 0.05) is 16.8 Å². The number of hydrazine groups is 1. The first-order chi connectivity index (χ1) is 9.43. The second-order valence-electron chi connectivity index (χ2n) is 5.51. The van der Waals surface area contributed by atoms with E-state index in [1.54, 1.807) is 0 Å². The Kier molecular flexibility index (Phi) is 4.04. The lowest BCUT2D eigenvalue weighted by Gasteiger charge is -2.16. The highest BCUT2D eigenvalue weighted by Gasteiger charge is 2.15. The van der Waals surface area contributed by atoms with Crippen molar-refractivity contribution in [1.29, 1.82) is 0 Å². The predicted molar refractivity (Wildman–Crippen MR) is 83.6 cm³/mol.